The topological polar surface area (TPSA) is 67.6 Å². The van der Waals surface area contributed by atoms with Gasteiger partial charge in [0.2, 0.25) is 5.91 Å². The van der Waals surface area contributed by atoms with Gasteiger partial charge in [0, 0.05) is 12.6 Å². The molecular weight excluding hydrogens is 381 g/mol. The Morgan fingerprint density at radius 2 is 1.96 bits per heavy atom. The average Bonchev–Trinajstić information content (AvgIpc) is 3.35. The molecule has 2 unspecified atom stereocenters. The second kappa shape index (κ2) is 7.62. The van der Waals surface area contributed by atoms with Crippen molar-refractivity contribution in [2.75, 3.05) is 13.1 Å². The fourth-order valence-electron chi connectivity index (χ4n) is 5.40. The Labute approximate surface area is 169 Å². The van der Waals surface area contributed by atoms with Crippen LogP contribution >= 0.6 is 11.8 Å². The van der Waals surface area contributed by atoms with E-state index in [-0.39, 0.29) is 30.4 Å². The molecule has 1 amide bonds. The third-order valence-corrected chi connectivity index (χ3v) is 7.20. The zero-order chi connectivity index (χ0) is 19.9. The minimum absolute atomic E-state index is 0.0843. The highest BCUT2D eigenvalue weighted by Gasteiger charge is 2.50. The van der Waals surface area contributed by atoms with Crippen LogP contribution in [0, 0.1) is 29.0 Å². The molecule has 2 aliphatic carbocycles. The standard InChI is InChI=1S/C21H25ClFN3O2/c22-26(13-20(27)25-7-1-2-18(25)12-24)19-8-14-10-21(28,11-15(14)9-19)16-3-5-17(23)6-4-16/h3-6,14-15,18-19,28H,1-2,7-11,13H2/t14-,15+,18-,19?,21?/m0/s1. The van der Waals surface area contributed by atoms with Gasteiger partial charge in [0.15, 0.2) is 0 Å². The van der Waals surface area contributed by atoms with E-state index in [1.807, 2.05) is 0 Å². The molecule has 4 rings (SSSR count). The van der Waals surface area contributed by atoms with Crippen molar-refractivity contribution in [1.82, 2.24) is 9.32 Å². The molecule has 1 aromatic carbocycles. The van der Waals surface area contributed by atoms with E-state index in [0.29, 0.717) is 31.2 Å². The summed E-state index contributed by atoms with van der Waals surface area (Å²) in [5.74, 6) is 0.300. The monoisotopic (exact) mass is 405 g/mol. The van der Waals surface area contributed by atoms with Crippen LogP contribution < -0.4 is 0 Å². The third-order valence-electron chi connectivity index (χ3n) is 6.80. The van der Waals surface area contributed by atoms with Crippen LogP contribution in [0.3, 0.4) is 0 Å². The summed E-state index contributed by atoms with van der Waals surface area (Å²) < 4.78 is 14.8. The summed E-state index contributed by atoms with van der Waals surface area (Å²) in [6.07, 6.45) is 4.56. The number of aliphatic hydroxyl groups is 1. The Bertz CT molecular complexity index is 767. The maximum atomic E-state index is 13.2. The van der Waals surface area contributed by atoms with Crippen LogP contribution in [0.25, 0.3) is 0 Å². The molecule has 150 valence electrons. The Morgan fingerprint density at radius 3 is 2.57 bits per heavy atom. The number of nitriles is 1. The molecule has 1 N–H and O–H groups in total. The molecule has 5 nitrogen and oxygen atoms in total. The van der Waals surface area contributed by atoms with Gasteiger partial charge >= 0.3 is 0 Å². The molecule has 2 saturated carbocycles. The van der Waals surface area contributed by atoms with E-state index in [1.54, 1.807) is 21.5 Å². The number of carbonyl (C=O) groups excluding carboxylic acids is 1. The summed E-state index contributed by atoms with van der Waals surface area (Å²) in [4.78, 5) is 14.2. The van der Waals surface area contributed by atoms with Crippen LogP contribution in [0.1, 0.15) is 44.1 Å². The normalized spacial score (nSPS) is 34.6. The van der Waals surface area contributed by atoms with E-state index in [9.17, 15) is 14.3 Å². The molecule has 7 heteroatoms. The van der Waals surface area contributed by atoms with Gasteiger partial charge in [-0.2, -0.15) is 5.26 Å². The molecule has 3 aliphatic rings. The van der Waals surface area contributed by atoms with Gasteiger partial charge in [0.25, 0.3) is 0 Å². The van der Waals surface area contributed by atoms with Gasteiger partial charge in [0.05, 0.1) is 18.2 Å². The van der Waals surface area contributed by atoms with Gasteiger partial charge in [-0.3, -0.25) is 4.79 Å². The molecule has 0 radical (unpaired) electrons. The van der Waals surface area contributed by atoms with E-state index in [1.165, 1.54) is 12.1 Å². The van der Waals surface area contributed by atoms with E-state index in [4.69, 9.17) is 17.0 Å². The van der Waals surface area contributed by atoms with Gasteiger partial charge in [-0.15, -0.1) is 0 Å². The fourth-order valence-corrected chi connectivity index (χ4v) is 5.67. The minimum Gasteiger partial charge on any atom is -0.385 e. The van der Waals surface area contributed by atoms with Crippen molar-refractivity contribution in [1.29, 1.82) is 5.26 Å². The molecule has 0 spiro atoms. The summed E-state index contributed by atoms with van der Waals surface area (Å²) in [5.41, 5.74) is -0.134. The quantitative estimate of drug-likeness (QED) is 0.781. The Hall–Kier alpha value is -1.68. The van der Waals surface area contributed by atoms with E-state index in [0.717, 1.165) is 31.2 Å². The number of benzene rings is 1. The predicted molar refractivity (Wildman–Crippen MR) is 102 cm³/mol. The van der Waals surface area contributed by atoms with Gasteiger partial charge in [-0.05, 0) is 79.8 Å². The van der Waals surface area contributed by atoms with Crippen LogP contribution in [-0.2, 0) is 10.4 Å². The Morgan fingerprint density at radius 1 is 1.32 bits per heavy atom. The molecule has 28 heavy (non-hydrogen) atoms. The van der Waals surface area contributed by atoms with Crippen molar-refractivity contribution < 1.29 is 14.3 Å². The smallest absolute Gasteiger partial charge is 0.239 e. The minimum atomic E-state index is -0.906. The zero-order valence-electron chi connectivity index (χ0n) is 15.7. The summed E-state index contributed by atoms with van der Waals surface area (Å²) in [5, 5.41) is 20.2. The van der Waals surface area contributed by atoms with Crippen molar-refractivity contribution in [2.45, 2.75) is 56.2 Å². The highest BCUT2D eigenvalue weighted by molar-refractivity contribution is 6.14. The first-order valence-electron chi connectivity index (χ1n) is 9.99. The number of hydrogen-bond acceptors (Lipinski definition) is 4. The number of carbonyl (C=O) groups is 1. The first-order valence-corrected chi connectivity index (χ1v) is 10.3. The van der Waals surface area contributed by atoms with Gasteiger partial charge in [-0.1, -0.05) is 12.1 Å². The maximum absolute atomic E-state index is 13.2. The molecule has 3 fully saturated rings. The lowest BCUT2D eigenvalue weighted by Crippen LogP contribution is -2.42. The molecule has 0 aromatic heterocycles. The van der Waals surface area contributed by atoms with Crippen LogP contribution in [0.15, 0.2) is 24.3 Å². The number of likely N-dealkylation sites (tertiary alicyclic amines) is 1. The first-order chi connectivity index (χ1) is 13.4. The average molecular weight is 406 g/mol. The summed E-state index contributed by atoms with van der Waals surface area (Å²) in [6.45, 7) is 0.745. The van der Waals surface area contributed by atoms with Crippen LogP contribution in [0.5, 0.6) is 0 Å². The van der Waals surface area contributed by atoms with Crippen LogP contribution in [0.2, 0.25) is 0 Å². The van der Waals surface area contributed by atoms with Crippen molar-refractivity contribution in [3.8, 4) is 6.07 Å². The third kappa shape index (κ3) is 3.63. The molecule has 0 bridgehead atoms. The number of rotatable bonds is 4. The van der Waals surface area contributed by atoms with E-state index < -0.39 is 5.60 Å². The summed E-state index contributed by atoms with van der Waals surface area (Å²) in [7, 11) is 0. The predicted octanol–water partition coefficient (Wildman–Crippen LogP) is 3.17. The maximum Gasteiger partial charge on any atom is 0.239 e. The van der Waals surface area contributed by atoms with Crippen molar-refractivity contribution in [3.05, 3.63) is 35.6 Å². The lowest BCUT2D eigenvalue weighted by atomic mass is 9.89. The highest BCUT2D eigenvalue weighted by atomic mass is 35.5. The second-order valence-electron chi connectivity index (χ2n) is 8.52. The lowest BCUT2D eigenvalue weighted by molar-refractivity contribution is -0.131. The number of nitrogens with zero attached hydrogens (tertiary/aromatic N) is 3. The highest BCUT2D eigenvalue weighted by Crippen LogP contribution is 2.53. The number of amides is 1. The lowest BCUT2D eigenvalue weighted by Gasteiger charge is -2.28. The Balaban J connectivity index is 1.34. The summed E-state index contributed by atoms with van der Waals surface area (Å²) >= 11 is 6.47. The molecular formula is C21H25ClFN3O2. The van der Waals surface area contributed by atoms with E-state index in [2.05, 4.69) is 6.07 Å². The number of halogens is 2. The number of fused-ring (bicyclic) bond motifs is 1. The molecule has 1 aromatic rings. The summed E-state index contributed by atoms with van der Waals surface area (Å²) in [6, 6.07) is 8.08. The molecule has 1 saturated heterocycles. The van der Waals surface area contributed by atoms with Crippen LogP contribution in [-0.4, -0.2) is 45.5 Å². The molecule has 1 heterocycles. The van der Waals surface area contributed by atoms with Gasteiger partial charge in [0.1, 0.15) is 11.9 Å². The van der Waals surface area contributed by atoms with Crippen molar-refractivity contribution in [2.24, 2.45) is 11.8 Å². The zero-order valence-corrected chi connectivity index (χ0v) is 16.5. The second-order valence-corrected chi connectivity index (χ2v) is 8.96. The fraction of sp³-hybridized carbons (Fsp3) is 0.619. The molecule has 1 aliphatic heterocycles. The molecule has 5 atom stereocenters. The van der Waals surface area contributed by atoms with Gasteiger partial charge in [-0.25, -0.2) is 8.81 Å². The first kappa shape index (κ1) is 19.6. The Kier molecular flexibility index (Phi) is 5.34. The van der Waals surface area contributed by atoms with Crippen molar-refractivity contribution >= 4 is 17.7 Å². The van der Waals surface area contributed by atoms with Crippen LogP contribution in [0.4, 0.5) is 4.39 Å². The van der Waals surface area contributed by atoms with Crippen molar-refractivity contribution in [3.63, 3.8) is 0 Å². The largest absolute Gasteiger partial charge is 0.385 e. The SMILES string of the molecule is N#C[C@@H]1CCCN1C(=O)CN(Cl)C1C[C@@H]2CC(O)(c3ccc(F)cc3)C[C@@H]2C1. The number of hydrogen-bond donors (Lipinski definition) is 1. The van der Waals surface area contributed by atoms with E-state index >= 15 is 0 Å². The van der Waals surface area contributed by atoms with Gasteiger partial charge < -0.3 is 10.0 Å².